The van der Waals surface area contributed by atoms with Gasteiger partial charge in [-0.3, -0.25) is 0 Å². The highest BCUT2D eigenvalue weighted by atomic mass is 32.2. The van der Waals surface area contributed by atoms with Crippen LogP contribution in [0.2, 0.25) is 0 Å². The van der Waals surface area contributed by atoms with Gasteiger partial charge in [0.05, 0.1) is 22.0 Å². The topological polar surface area (TPSA) is 53.5 Å². The summed E-state index contributed by atoms with van der Waals surface area (Å²) in [6.45, 7) is 1.15. The van der Waals surface area contributed by atoms with Gasteiger partial charge in [0.15, 0.2) is 0 Å². The molecule has 120 valence electrons. The number of thiazole rings is 1. The Morgan fingerprint density at radius 2 is 2.14 bits per heavy atom. The number of rotatable bonds is 5. The summed E-state index contributed by atoms with van der Waals surface area (Å²) in [5, 5.41) is 0.923. The van der Waals surface area contributed by atoms with Crippen molar-refractivity contribution >= 4 is 31.6 Å². The molecule has 1 aromatic heterocycles. The highest BCUT2D eigenvalue weighted by molar-refractivity contribution is 7.89. The summed E-state index contributed by atoms with van der Waals surface area (Å²) in [6.07, 6.45) is 1.77. The first-order valence-corrected chi connectivity index (χ1v) is 9.90. The highest BCUT2D eigenvalue weighted by Gasteiger charge is 2.36. The normalized spacial score (nSPS) is 20.2. The van der Waals surface area contributed by atoms with Gasteiger partial charge in [-0.2, -0.15) is 4.31 Å². The molecule has 2 heterocycles. The molecular formula is C15H21N3O2S2. The zero-order valence-electron chi connectivity index (χ0n) is 12.9. The van der Waals surface area contributed by atoms with Crippen LogP contribution < -0.4 is 0 Å². The lowest BCUT2D eigenvalue weighted by Gasteiger charge is -2.23. The molecule has 1 fully saturated rings. The Bertz CT molecular complexity index is 722. The molecule has 1 aromatic carbocycles. The third-order valence-electron chi connectivity index (χ3n) is 3.95. The van der Waals surface area contributed by atoms with Gasteiger partial charge in [0, 0.05) is 13.1 Å². The summed E-state index contributed by atoms with van der Waals surface area (Å²) in [5.41, 5.74) is 0.958. The quantitative estimate of drug-likeness (QED) is 0.839. The van der Waals surface area contributed by atoms with Crippen LogP contribution in [0.3, 0.4) is 0 Å². The number of hydrogen-bond donors (Lipinski definition) is 0. The Balaban J connectivity index is 1.86. The SMILES string of the molecule is CN(C)CCS(=O)(=O)N1CCC[C@H]1c1nc2ccccc2s1. The summed E-state index contributed by atoms with van der Waals surface area (Å²) in [6, 6.07) is 7.88. The molecule has 1 aliphatic rings. The second-order valence-corrected chi connectivity index (χ2v) is 9.01. The van der Waals surface area contributed by atoms with Crippen LogP contribution >= 0.6 is 11.3 Å². The third-order valence-corrected chi connectivity index (χ3v) is 6.94. The fraction of sp³-hybridized carbons (Fsp3) is 0.533. The van der Waals surface area contributed by atoms with Gasteiger partial charge in [0.1, 0.15) is 5.01 Å². The molecule has 0 saturated carbocycles. The van der Waals surface area contributed by atoms with Crippen molar-refractivity contribution in [3.05, 3.63) is 29.3 Å². The Kier molecular flexibility index (Phi) is 4.49. The number of benzene rings is 1. The van der Waals surface area contributed by atoms with Crippen LogP contribution in [0.4, 0.5) is 0 Å². The summed E-state index contributed by atoms with van der Waals surface area (Å²) in [7, 11) is 0.555. The van der Waals surface area contributed by atoms with Crippen LogP contribution in [0.15, 0.2) is 24.3 Å². The van der Waals surface area contributed by atoms with E-state index in [0.717, 1.165) is 28.1 Å². The van der Waals surface area contributed by atoms with Gasteiger partial charge >= 0.3 is 0 Å². The van der Waals surface area contributed by atoms with E-state index in [2.05, 4.69) is 4.98 Å². The maximum absolute atomic E-state index is 12.6. The van der Waals surface area contributed by atoms with E-state index >= 15 is 0 Å². The first kappa shape index (κ1) is 15.9. The van der Waals surface area contributed by atoms with Gasteiger partial charge in [-0.1, -0.05) is 12.1 Å². The van der Waals surface area contributed by atoms with E-state index in [1.807, 2.05) is 43.3 Å². The fourth-order valence-corrected chi connectivity index (χ4v) is 5.78. The van der Waals surface area contributed by atoms with E-state index in [4.69, 9.17) is 0 Å². The first-order chi connectivity index (χ1) is 10.5. The van der Waals surface area contributed by atoms with Gasteiger partial charge in [0.2, 0.25) is 10.0 Å². The average Bonchev–Trinajstić information content (AvgIpc) is 3.11. The highest BCUT2D eigenvalue weighted by Crippen LogP contribution is 2.38. The Hall–Kier alpha value is -1.02. The smallest absolute Gasteiger partial charge is 0.216 e. The minimum absolute atomic E-state index is 0.0930. The van der Waals surface area contributed by atoms with Gasteiger partial charge in [0.25, 0.3) is 0 Å². The number of fused-ring (bicyclic) bond motifs is 1. The molecule has 0 bridgehead atoms. The van der Waals surface area contributed by atoms with Crippen molar-refractivity contribution in [1.82, 2.24) is 14.2 Å². The van der Waals surface area contributed by atoms with Crippen molar-refractivity contribution in [2.45, 2.75) is 18.9 Å². The molecule has 0 spiro atoms. The summed E-state index contributed by atoms with van der Waals surface area (Å²) >= 11 is 1.61. The van der Waals surface area contributed by atoms with Gasteiger partial charge < -0.3 is 4.90 Å². The van der Waals surface area contributed by atoms with E-state index in [0.29, 0.717) is 13.1 Å². The molecule has 1 atom stereocenters. The zero-order chi connectivity index (χ0) is 15.7. The molecule has 1 aliphatic heterocycles. The molecule has 0 unspecified atom stereocenters. The van der Waals surface area contributed by atoms with Crippen LogP contribution in [-0.4, -0.2) is 55.5 Å². The molecule has 0 amide bonds. The lowest BCUT2D eigenvalue weighted by molar-refractivity contribution is 0.383. The number of aromatic nitrogens is 1. The molecule has 0 N–H and O–H groups in total. The first-order valence-electron chi connectivity index (χ1n) is 7.47. The molecule has 0 aliphatic carbocycles. The standard InChI is InChI=1S/C15H21N3O2S2/c1-17(2)10-11-22(19,20)18-9-5-7-13(18)15-16-12-6-3-4-8-14(12)21-15/h3-4,6,8,13H,5,7,9-11H2,1-2H3/t13-/m0/s1. The molecule has 2 aromatic rings. The Labute approximate surface area is 135 Å². The van der Waals surface area contributed by atoms with E-state index < -0.39 is 10.0 Å². The number of nitrogens with zero attached hydrogens (tertiary/aromatic N) is 3. The predicted molar refractivity (Wildman–Crippen MR) is 90.6 cm³/mol. The van der Waals surface area contributed by atoms with Crippen LogP contribution in [-0.2, 0) is 10.0 Å². The van der Waals surface area contributed by atoms with Crippen molar-refractivity contribution in [2.24, 2.45) is 0 Å². The van der Waals surface area contributed by atoms with E-state index in [1.54, 1.807) is 15.6 Å². The minimum Gasteiger partial charge on any atom is -0.308 e. The number of sulfonamides is 1. The van der Waals surface area contributed by atoms with Crippen molar-refractivity contribution in [1.29, 1.82) is 0 Å². The second kappa shape index (κ2) is 6.23. The maximum Gasteiger partial charge on any atom is 0.216 e. The predicted octanol–water partition coefficient (Wildman–Crippen LogP) is 2.32. The van der Waals surface area contributed by atoms with Crippen LogP contribution in [0.25, 0.3) is 10.2 Å². The third kappa shape index (κ3) is 3.17. The van der Waals surface area contributed by atoms with Crippen molar-refractivity contribution in [3.63, 3.8) is 0 Å². The van der Waals surface area contributed by atoms with Crippen molar-refractivity contribution < 1.29 is 8.42 Å². The van der Waals surface area contributed by atoms with Crippen LogP contribution in [0.5, 0.6) is 0 Å². The number of para-hydroxylation sites is 1. The van der Waals surface area contributed by atoms with Crippen molar-refractivity contribution in [3.8, 4) is 0 Å². The maximum atomic E-state index is 12.6. The van der Waals surface area contributed by atoms with E-state index in [9.17, 15) is 8.42 Å². The molecule has 5 nitrogen and oxygen atoms in total. The molecule has 22 heavy (non-hydrogen) atoms. The zero-order valence-corrected chi connectivity index (χ0v) is 14.5. The summed E-state index contributed by atoms with van der Waals surface area (Å²) < 4.78 is 28.0. The van der Waals surface area contributed by atoms with Crippen LogP contribution in [0, 0.1) is 0 Å². The van der Waals surface area contributed by atoms with Gasteiger partial charge in [-0.15, -0.1) is 11.3 Å². The molecule has 0 radical (unpaired) electrons. The van der Waals surface area contributed by atoms with Crippen molar-refractivity contribution in [2.75, 3.05) is 32.9 Å². The number of hydrogen-bond acceptors (Lipinski definition) is 5. The Morgan fingerprint density at radius 1 is 1.36 bits per heavy atom. The molecule has 1 saturated heterocycles. The minimum atomic E-state index is -3.23. The van der Waals surface area contributed by atoms with Crippen LogP contribution in [0.1, 0.15) is 23.9 Å². The summed E-state index contributed by atoms with van der Waals surface area (Å²) in [4.78, 5) is 6.56. The lowest BCUT2D eigenvalue weighted by Crippen LogP contribution is -2.35. The van der Waals surface area contributed by atoms with E-state index in [-0.39, 0.29) is 11.8 Å². The monoisotopic (exact) mass is 339 g/mol. The second-order valence-electron chi connectivity index (χ2n) is 5.91. The molecule has 3 rings (SSSR count). The van der Waals surface area contributed by atoms with E-state index in [1.165, 1.54) is 0 Å². The average molecular weight is 339 g/mol. The largest absolute Gasteiger partial charge is 0.308 e. The van der Waals surface area contributed by atoms with Gasteiger partial charge in [-0.25, -0.2) is 13.4 Å². The fourth-order valence-electron chi connectivity index (χ4n) is 2.77. The lowest BCUT2D eigenvalue weighted by atomic mass is 10.2. The Morgan fingerprint density at radius 3 is 2.86 bits per heavy atom. The molecular weight excluding hydrogens is 318 g/mol. The molecule has 7 heteroatoms. The summed E-state index contributed by atoms with van der Waals surface area (Å²) in [5.74, 6) is 0.168. The van der Waals surface area contributed by atoms with Gasteiger partial charge in [-0.05, 0) is 39.1 Å².